The SMILES string of the molecule is COc1ccc(Cl)c(C(C)Cc2ccc(C(F)(F)F)c(C(C)(C)C)c2Cl)c1. The molecule has 0 aliphatic heterocycles. The average Bonchev–Trinajstić information content (AvgIpc) is 2.54. The molecule has 0 saturated heterocycles. The van der Waals surface area contributed by atoms with E-state index in [9.17, 15) is 13.2 Å². The van der Waals surface area contributed by atoms with E-state index in [2.05, 4.69) is 0 Å². The number of hydrogen-bond acceptors (Lipinski definition) is 1. The minimum atomic E-state index is -4.45. The van der Waals surface area contributed by atoms with E-state index in [0.717, 1.165) is 11.6 Å². The molecule has 0 heterocycles. The Morgan fingerprint density at radius 3 is 2.19 bits per heavy atom. The first-order valence-corrected chi connectivity index (χ1v) is 9.34. The third kappa shape index (κ3) is 4.91. The van der Waals surface area contributed by atoms with E-state index in [1.165, 1.54) is 6.07 Å². The van der Waals surface area contributed by atoms with Gasteiger partial charge in [-0.15, -0.1) is 0 Å². The van der Waals surface area contributed by atoms with Gasteiger partial charge in [-0.3, -0.25) is 0 Å². The summed E-state index contributed by atoms with van der Waals surface area (Å²) in [7, 11) is 1.57. The summed E-state index contributed by atoms with van der Waals surface area (Å²) in [4.78, 5) is 0. The molecule has 0 amide bonds. The average molecular weight is 419 g/mol. The Hall–Kier alpha value is -1.39. The summed E-state index contributed by atoms with van der Waals surface area (Å²) in [6, 6.07) is 7.95. The summed E-state index contributed by atoms with van der Waals surface area (Å²) in [6.45, 7) is 7.16. The van der Waals surface area contributed by atoms with Crippen LogP contribution in [-0.4, -0.2) is 7.11 Å². The number of halogens is 5. The topological polar surface area (TPSA) is 9.23 Å². The molecule has 27 heavy (non-hydrogen) atoms. The van der Waals surface area contributed by atoms with Gasteiger partial charge in [-0.2, -0.15) is 13.2 Å². The van der Waals surface area contributed by atoms with E-state index >= 15 is 0 Å². The highest BCUT2D eigenvalue weighted by Gasteiger charge is 2.38. The molecule has 0 spiro atoms. The standard InChI is InChI=1S/C21H23Cl2F3O/c1-12(15-11-14(27-5)7-9-17(15)22)10-13-6-8-16(21(24,25)26)18(19(13)23)20(2,3)4/h6-9,11-12H,10H2,1-5H3. The quantitative estimate of drug-likeness (QED) is 0.494. The fourth-order valence-electron chi connectivity index (χ4n) is 3.21. The zero-order chi connectivity index (χ0) is 20.6. The molecular weight excluding hydrogens is 396 g/mol. The Balaban J connectivity index is 2.49. The van der Waals surface area contributed by atoms with Crippen molar-refractivity contribution in [2.75, 3.05) is 7.11 Å². The highest BCUT2D eigenvalue weighted by atomic mass is 35.5. The predicted octanol–water partition coefficient (Wildman–Crippen LogP) is 7.66. The number of rotatable bonds is 4. The lowest BCUT2D eigenvalue weighted by atomic mass is 9.81. The van der Waals surface area contributed by atoms with Crippen LogP contribution in [0, 0.1) is 0 Å². The maximum absolute atomic E-state index is 13.5. The first-order valence-electron chi connectivity index (χ1n) is 8.58. The van der Waals surface area contributed by atoms with Gasteiger partial charge in [0, 0.05) is 10.0 Å². The molecule has 0 saturated carbocycles. The molecule has 1 unspecified atom stereocenters. The van der Waals surface area contributed by atoms with Crippen LogP contribution < -0.4 is 4.74 Å². The summed E-state index contributed by atoms with van der Waals surface area (Å²) < 4.78 is 45.6. The molecule has 0 aliphatic carbocycles. The van der Waals surface area contributed by atoms with Crippen LogP contribution in [0.25, 0.3) is 0 Å². The fourth-order valence-corrected chi connectivity index (χ4v) is 4.04. The van der Waals surface area contributed by atoms with Crippen LogP contribution in [0.3, 0.4) is 0 Å². The molecule has 148 valence electrons. The summed E-state index contributed by atoms with van der Waals surface area (Å²) in [5.41, 5.74) is 0.230. The van der Waals surface area contributed by atoms with Gasteiger partial charge in [0.15, 0.2) is 0 Å². The third-order valence-electron chi connectivity index (χ3n) is 4.54. The van der Waals surface area contributed by atoms with Crippen molar-refractivity contribution in [3.8, 4) is 5.75 Å². The maximum Gasteiger partial charge on any atom is 0.416 e. The smallest absolute Gasteiger partial charge is 0.416 e. The first kappa shape index (κ1) is 21.9. The number of ether oxygens (including phenoxy) is 1. The van der Waals surface area contributed by atoms with Gasteiger partial charge in [0.2, 0.25) is 0 Å². The Morgan fingerprint density at radius 1 is 1.04 bits per heavy atom. The molecular formula is C21H23Cl2F3O. The zero-order valence-corrected chi connectivity index (χ0v) is 17.5. The van der Waals surface area contributed by atoms with Crippen molar-refractivity contribution in [2.45, 2.75) is 51.6 Å². The van der Waals surface area contributed by atoms with Gasteiger partial charge in [-0.1, -0.05) is 57.0 Å². The lowest BCUT2D eigenvalue weighted by Gasteiger charge is -2.27. The van der Waals surface area contributed by atoms with Crippen molar-refractivity contribution in [2.24, 2.45) is 0 Å². The Labute approximate surface area is 168 Å². The van der Waals surface area contributed by atoms with Crippen molar-refractivity contribution in [1.82, 2.24) is 0 Å². The summed E-state index contributed by atoms with van der Waals surface area (Å²) in [5.74, 6) is 0.629. The van der Waals surface area contributed by atoms with E-state index < -0.39 is 17.2 Å². The van der Waals surface area contributed by atoms with Crippen molar-refractivity contribution in [1.29, 1.82) is 0 Å². The number of alkyl halides is 3. The molecule has 2 aromatic carbocycles. The minimum absolute atomic E-state index is 0.0466. The monoisotopic (exact) mass is 418 g/mol. The number of benzene rings is 2. The summed E-state index contributed by atoms with van der Waals surface area (Å²) in [6.07, 6.45) is -3.99. The van der Waals surface area contributed by atoms with Crippen LogP contribution in [0.4, 0.5) is 13.2 Å². The second kappa shape index (κ2) is 7.92. The molecule has 0 aliphatic rings. The molecule has 6 heteroatoms. The van der Waals surface area contributed by atoms with Crippen LogP contribution in [0.2, 0.25) is 10.0 Å². The van der Waals surface area contributed by atoms with E-state index in [1.54, 1.807) is 40.0 Å². The van der Waals surface area contributed by atoms with Gasteiger partial charge in [-0.05, 0) is 58.7 Å². The van der Waals surface area contributed by atoms with Crippen LogP contribution in [0.5, 0.6) is 5.75 Å². The molecule has 2 aromatic rings. The Bertz CT molecular complexity index is 823. The van der Waals surface area contributed by atoms with Gasteiger partial charge in [0.1, 0.15) is 5.75 Å². The summed E-state index contributed by atoms with van der Waals surface area (Å²) >= 11 is 12.8. The van der Waals surface area contributed by atoms with Crippen molar-refractivity contribution < 1.29 is 17.9 Å². The molecule has 0 N–H and O–H groups in total. The van der Waals surface area contributed by atoms with Crippen molar-refractivity contribution >= 4 is 23.2 Å². The highest BCUT2D eigenvalue weighted by Crippen LogP contribution is 2.43. The lowest BCUT2D eigenvalue weighted by molar-refractivity contribution is -0.138. The van der Waals surface area contributed by atoms with E-state index in [1.807, 2.05) is 13.0 Å². The number of methoxy groups -OCH3 is 1. The van der Waals surface area contributed by atoms with Crippen LogP contribution >= 0.6 is 23.2 Å². The minimum Gasteiger partial charge on any atom is -0.497 e. The van der Waals surface area contributed by atoms with Gasteiger partial charge < -0.3 is 4.74 Å². The predicted molar refractivity (Wildman–Crippen MR) is 105 cm³/mol. The molecule has 1 nitrogen and oxygen atoms in total. The summed E-state index contributed by atoms with van der Waals surface area (Å²) in [5, 5.41) is 0.755. The zero-order valence-electron chi connectivity index (χ0n) is 16.0. The first-order chi connectivity index (χ1) is 12.4. The van der Waals surface area contributed by atoms with Crippen molar-refractivity contribution in [3.05, 3.63) is 62.6 Å². The molecule has 0 aromatic heterocycles. The van der Waals surface area contributed by atoms with Gasteiger partial charge in [0.05, 0.1) is 12.7 Å². The lowest BCUT2D eigenvalue weighted by Crippen LogP contribution is -2.21. The number of hydrogen-bond donors (Lipinski definition) is 0. The normalized spacial score (nSPS) is 13.6. The molecule has 0 radical (unpaired) electrons. The van der Waals surface area contributed by atoms with Gasteiger partial charge in [-0.25, -0.2) is 0 Å². The van der Waals surface area contributed by atoms with Crippen LogP contribution in [0.15, 0.2) is 30.3 Å². The third-order valence-corrected chi connectivity index (χ3v) is 5.31. The second-order valence-electron chi connectivity index (χ2n) is 7.70. The Kier molecular flexibility index (Phi) is 6.43. The van der Waals surface area contributed by atoms with Crippen LogP contribution in [-0.2, 0) is 18.0 Å². The van der Waals surface area contributed by atoms with Gasteiger partial charge >= 0.3 is 6.18 Å². The maximum atomic E-state index is 13.5. The van der Waals surface area contributed by atoms with E-state index in [0.29, 0.717) is 22.8 Å². The van der Waals surface area contributed by atoms with E-state index in [-0.39, 0.29) is 16.5 Å². The highest BCUT2D eigenvalue weighted by molar-refractivity contribution is 6.32. The second-order valence-corrected chi connectivity index (χ2v) is 8.49. The fraction of sp³-hybridized carbons (Fsp3) is 0.429. The largest absolute Gasteiger partial charge is 0.497 e. The molecule has 0 bridgehead atoms. The van der Waals surface area contributed by atoms with Crippen LogP contribution in [0.1, 0.15) is 55.9 Å². The van der Waals surface area contributed by atoms with Gasteiger partial charge in [0.25, 0.3) is 0 Å². The Morgan fingerprint density at radius 2 is 1.67 bits per heavy atom. The van der Waals surface area contributed by atoms with E-state index in [4.69, 9.17) is 27.9 Å². The molecule has 2 rings (SSSR count). The molecule has 1 atom stereocenters. The van der Waals surface area contributed by atoms with Crippen molar-refractivity contribution in [3.63, 3.8) is 0 Å². The molecule has 0 fully saturated rings.